The fourth-order valence-corrected chi connectivity index (χ4v) is 1.44. The van der Waals surface area contributed by atoms with Gasteiger partial charge in [-0.1, -0.05) is 12.1 Å². The lowest BCUT2D eigenvalue weighted by Crippen LogP contribution is -2.42. The van der Waals surface area contributed by atoms with Crippen molar-refractivity contribution in [3.63, 3.8) is 0 Å². The van der Waals surface area contributed by atoms with Gasteiger partial charge in [0.05, 0.1) is 19.1 Å². The summed E-state index contributed by atoms with van der Waals surface area (Å²) in [5.74, 6) is -3.15. The number of hydrogen-bond donors (Lipinski definition) is 3. The van der Waals surface area contributed by atoms with Crippen molar-refractivity contribution in [2.24, 2.45) is 0 Å². The number of hydrogen-bond acceptors (Lipinski definition) is 4. The van der Waals surface area contributed by atoms with Crippen molar-refractivity contribution in [1.29, 1.82) is 0 Å². The summed E-state index contributed by atoms with van der Waals surface area (Å²) in [5.41, 5.74) is 0.140. The molecule has 7 nitrogen and oxygen atoms in total. The fraction of sp³-hybridized carbons (Fsp3) is 0.250. The van der Waals surface area contributed by atoms with E-state index in [2.05, 4.69) is 5.32 Å². The van der Waals surface area contributed by atoms with Gasteiger partial charge in [-0.2, -0.15) is 0 Å². The minimum Gasteiger partial charge on any atom is -0.496 e. The Kier molecular flexibility index (Phi) is 4.87. The van der Waals surface area contributed by atoms with Crippen LogP contribution < -0.4 is 10.1 Å². The van der Waals surface area contributed by atoms with Crippen LogP contribution in [0.15, 0.2) is 24.3 Å². The van der Waals surface area contributed by atoms with Gasteiger partial charge < -0.3 is 20.3 Å². The fourth-order valence-electron chi connectivity index (χ4n) is 1.44. The lowest BCUT2D eigenvalue weighted by atomic mass is 10.1. The SMILES string of the molecule is COc1ccccc1C(=O)NC(CC(=O)O)C(=O)O. The zero-order valence-corrected chi connectivity index (χ0v) is 10.1. The molecule has 1 aromatic rings. The normalized spacial score (nSPS) is 11.4. The maximum atomic E-state index is 11.9. The second kappa shape index (κ2) is 6.39. The van der Waals surface area contributed by atoms with E-state index in [1.807, 2.05) is 0 Å². The summed E-state index contributed by atoms with van der Waals surface area (Å²) >= 11 is 0. The quantitative estimate of drug-likeness (QED) is 0.685. The number of rotatable bonds is 6. The third-order valence-corrected chi connectivity index (χ3v) is 2.33. The van der Waals surface area contributed by atoms with E-state index in [0.717, 1.165) is 0 Å². The Bertz CT molecular complexity index is 499. The molecule has 1 unspecified atom stereocenters. The van der Waals surface area contributed by atoms with E-state index < -0.39 is 30.3 Å². The predicted molar refractivity (Wildman–Crippen MR) is 64.1 cm³/mol. The average Bonchev–Trinajstić information content (AvgIpc) is 2.37. The number of benzene rings is 1. The molecule has 0 aliphatic carbocycles. The first-order valence-corrected chi connectivity index (χ1v) is 5.34. The summed E-state index contributed by atoms with van der Waals surface area (Å²) in [5, 5.41) is 19.6. The third-order valence-electron chi connectivity index (χ3n) is 2.33. The molecule has 0 saturated heterocycles. The lowest BCUT2D eigenvalue weighted by molar-refractivity contribution is -0.145. The van der Waals surface area contributed by atoms with Crippen LogP contribution >= 0.6 is 0 Å². The number of carbonyl (C=O) groups is 3. The molecule has 1 amide bonds. The summed E-state index contributed by atoms with van der Waals surface area (Å²) < 4.78 is 4.97. The van der Waals surface area contributed by atoms with Crippen LogP contribution in [0.3, 0.4) is 0 Å². The molecular weight excluding hydrogens is 254 g/mol. The summed E-state index contributed by atoms with van der Waals surface area (Å²) in [4.78, 5) is 33.2. The molecule has 0 saturated carbocycles. The van der Waals surface area contributed by atoms with Gasteiger partial charge in [0, 0.05) is 0 Å². The minimum atomic E-state index is -1.49. The van der Waals surface area contributed by atoms with Crippen LogP contribution in [0.4, 0.5) is 0 Å². The summed E-state index contributed by atoms with van der Waals surface area (Å²) in [6.45, 7) is 0. The van der Waals surface area contributed by atoms with Gasteiger partial charge >= 0.3 is 11.9 Å². The van der Waals surface area contributed by atoms with Gasteiger partial charge in [0.2, 0.25) is 0 Å². The Hall–Kier alpha value is -2.57. The zero-order valence-electron chi connectivity index (χ0n) is 10.1. The second-order valence-electron chi connectivity index (χ2n) is 3.66. The Labute approximate surface area is 108 Å². The molecule has 1 aromatic carbocycles. The van der Waals surface area contributed by atoms with Crippen molar-refractivity contribution in [1.82, 2.24) is 5.32 Å². The van der Waals surface area contributed by atoms with Crippen molar-refractivity contribution < 1.29 is 29.3 Å². The molecule has 19 heavy (non-hydrogen) atoms. The number of carbonyl (C=O) groups excluding carboxylic acids is 1. The first-order chi connectivity index (χ1) is 8.95. The topological polar surface area (TPSA) is 113 Å². The molecule has 0 bridgehead atoms. The van der Waals surface area contributed by atoms with Crippen LogP contribution in [-0.4, -0.2) is 41.2 Å². The van der Waals surface area contributed by atoms with Gasteiger partial charge in [0.1, 0.15) is 11.8 Å². The number of para-hydroxylation sites is 1. The van der Waals surface area contributed by atoms with Crippen molar-refractivity contribution in [3.05, 3.63) is 29.8 Å². The number of ether oxygens (including phenoxy) is 1. The Morgan fingerprint density at radius 2 is 1.89 bits per heavy atom. The Morgan fingerprint density at radius 3 is 2.42 bits per heavy atom. The number of carboxylic acids is 2. The smallest absolute Gasteiger partial charge is 0.326 e. The molecule has 0 radical (unpaired) electrons. The second-order valence-corrected chi connectivity index (χ2v) is 3.66. The number of carboxylic acid groups (broad SMARTS) is 2. The standard InChI is InChI=1S/C12H13NO6/c1-19-9-5-3-2-4-7(9)11(16)13-8(12(17)18)6-10(14)15/h2-5,8H,6H2,1H3,(H,13,16)(H,14,15)(H,17,18). The molecular formula is C12H13NO6. The molecule has 102 valence electrons. The van der Waals surface area contributed by atoms with E-state index >= 15 is 0 Å². The van der Waals surface area contributed by atoms with E-state index in [1.54, 1.807) is 18.2 Å². The maximum Gasteiger partial charge on any atom is 0.326 e. The highest BCUT2D eigenvalue weighted by molar-refractivity contribution is 5.99. The highest BCUT2D eigenvalue weighted by atomic mass is 16.5. The van der Waals surface area contributed by atoms with Crippen LogP contribution in [0, 0.1) is 0 Å². The molecule has 1 atom stereocenters. The van der Waals surface area contributed by atoms with Crippen LogP contribution in [0.1, 0.15) is 16.8 Å². The van der Waals surface area contributed by atoms with E-state index in [-0.39, 0.29) is 11.3 Å². The minimum absolute atomic E-state index is 0.140. The van der Waals surface area contributed by atoms with Crippen molar-refractivity contribution in [2.75, 3.05) is 7.11 Å². The molecule has 0 spiro atoms. The van der Waals surface area contributed by atoms with Crippen molar-refractivity contribution in [2.45, 2.75) is 12.5 Å². The monoisotopic (exact) mass is 267 g/mol. The lowest BCUT2D eigenvalue weighted by Gasteiger charge is -2.13. The highest BCUT2D eigenvalue weighted by Gasteiger charge is 2.24. The number of nitrogens with one attached hydrogen (secondary N) is 1. The molecule has 0 aromatic heterocycles. The summed E-state index contributed by atoms with van der Waals surface area (Å²) in [6.07, 6.45) is -0.698. The number of aliphatic carboxylic acids is 2. The number of amides is 1. The zero-order chi connectivity index (χ0) is 14.4. The van der Waals surface area contributed by atoms with Crippen molar-refractivity contribution in [3.8, 4) is 5.75 Å². The molecule has 0 aliphatic rings. The summed E-state index contributed by atoms with van der Waals surface area (Å²) in [6, 6.07) is 4.75. The van der Waals surface area contributed by atoms with Gasteiger partial charge in [-0.15, -0.1) is 0 Å². The molecule has 0 fully saturated rings. The van der Waals surface area contributed by atoms with Crippen molar-refractivity contribution >= 4 is 17.8 Å². The first-order valence-electron chi connectivity index (χ1n) is 5.34. The third kappa shape index (κ3) is 3.98. The van der Waals surface area contributed by atoms with Crippen LogP contribution in [0.2, 0.25) is 0 Å². The number of methoxy groups -OCH3 is 1. The van der Waals surface area contributed by atoms with E-state index in [4.69, 9.17) is 14.9 Å². The van der Waals surface area contributed by atoms with Crippen LogP contribution in [-0.2, 0) is 9.59 Å². The molecule has 7 heteroatoms. The molecule has 0 aliphatic heterocycles. The van der Waals surface area contributed by atoms with Crippen LogP contribution in [0.25, 0.3) is 0 Å². The largest absolute Gasteiger partial charge is 0.496 e. The Balaban J connectivity index is 2.87. The van der Waals surface area contributed by atoms with E-state index in [0.29, 0.717) is 0 Å². The first kappa shape index (κ1) is 14.5. The van der Waals surface area contributed by atoms with Gasteiger partial charge in [0.15, 0.2) is 0 Å². The van der Waals surface area contributed by atoms with Gasteiger partial charge in [-0.25, -0.2) is 4.79 Å². The van der Waals surface area contributed by atoms with Gasteiger partial charge in [0.25, 0.3) is 5.91 Å². The maximum absolute atomic E-state index is 11.9. The predicted octanol–water partition coefficient (Wildman–Crippen LogP) is 0.353. The molecule has 0 heterocycles. The van der Waals surface area contributed by atoms with Gasteiger partial charge in [-0.3, -0.25) is 9.59 Å². The van der Waals surface area contributed by atoms with Gasteiger partial charge in [-0.05, 0) is 12.1 Å². The van der Waals surface area contributed by atoms with Crippen LogP contribution in [0.5, 0.6) is 5.75 Å². The Morgan fingerprint density at radius 1 is 1.26 bits per heavy atom. The van der Waals surface area contributed by atoms with E-state index in [9.17, 15) is 14.4 Å². The molecule has 1 rings (SSSR count). The molecule has 3 N–H and O–H groups in total. The highest BCUT2D eigenvalue weighted by Crippen LogP contribution is 2.17. The summed E-state index contributed by atoms with van der Waals surface area (Å²) in [7, 11) is 1.37. The average molecular weight is 267 g/mol. The van der Waals surface area contributed by atoms with E-state index in [1.165, 1.54) is 13.2 Å².